The van der Waals surface area contributed by atoms with Crippen LogP contribution in [0.4, 0.5) is 0 Å². The van der Waals surface area contributed by atoms with Gasteiger partial charge in [0.1, 0.15) is 5.75 Å². The van der Waals surface area contributed by atoms with Crippen LogP contribution < -0.4 is 4.74 Å². The van der Waals surface area contributed by atoms with Crippen LogP contribution in [0.25, 0.3) is 10.9 Å². The van der Waals surface area contributed by atoms with Crippen molar-refractivity contribution in [2.45, 2.75) is 5.92 Å². The highest BCUT2D eigenvalue weighted by molar-refractivity contribution is 5.85. The molecule has 4 aromatic rings. The van der Waals surface area contributed by atoms with Crippen LogP contribution in [0.15, 0.2) is 79.0 Å². The topological polar surface area (TPSA) is 68.2 Å². The summed E-state index contributed by atoms with van der Waals surface area (Å²) in [4.78, 5) is 14.5. The Bertz CT molecular complexity index is 1250. The number of hydrogen-bond donors (Lipinski definition) is 1. The van der Waals surface area contributed by atoms with Gasteiger partial charge in [0.2, 0.25) is 6.54 Å². The Morgan fingerprint density at radius 3 is 2.53 bits per heavy atom. The number of methoxy groups -OCH3 is 1. The molecule has 1 heterocycles. The third kappa shape index (κ3) is 4.03. The molecule has 0 unspecified atom stereocenters. The monoisotopic (exact) mass is 396 g/mol. The van der Waals surface area contributed by atoms with Crippen LogP contribution in [0.2, 0.25) is 0 Å². The Kier molecular flexibility index (Phi) is 5.49. The fourth-order valence-electron chi connectivity index (χ4n) is 3.63. The molecule has 30 heavy (non-hydrogen) atoms. The van der Waals surface area contributed by atoms with Crippen LogP contribution in [0.3, 0.4) is 0 Å². The standard InChI is InChI=1S/C25H20N2O3/c1-30-20-13-14-25-22(15-20)23(16-26-25)24(17-27(28)29)21-10-6-5-9-19(21)12-11-18-7-3-2-4-8-18/h2-10,13-16,24,26H,17H2,1H3/t24-/m1/s1. The molecule has 148 valence electrons. The fourth-order valence-corrected chi connectivity index (χ4v) is 3.63. The van der Waals surface area contributed by atoms with Crippen molar-refractivity contribution in [1.82, 2.24) is 4.98 Å². The highest BCUT2D eigenvalue weighted by Crippen LogP contribution is 2.34. The van der Waals surface area contributed by atoms with Crippen molar-refractivity contribution in [2.24, 2.45) is 0 Å². The normalized spacial score (nSPS) is 11.5. The van der Waals surface area contributed by atoms with E-state index in [9.17, 15) is 10.1 Å². The van der Waals surface area contributed by atoms with Gasteiger partial charge in [-0.05, 0) is 47.5 Å². The number of hydrogen-bond acceptors (Lipinski definition) is 3. The van der Waals surface area contributed by atoms with Gasteiger partial charge in [-0.2, -0.15) is 0 Å². The maximum absolute atomic E-state index is 11.6. The van der Waals surface area contributed by atoms with E-state index in [1.165, 1.54) is 0 Å². The molecule has 0 aliphatic rings. The van der Waals surface area contributed by atoms with Crippen molar-refractivity contribution in [3.8, 4) is 17.6 Å². The van der Waals surface area contributed by atoms with Crippen LogP contribution in [0.1, 0.15) is 28.2 Å². The lowest BCUT2D eigenvalue weighted by Crippen LogP contribution is -2.15. The zero-order chi connectivity index (χ0) is 20.9. The van der Waals surface area contributed by atoms with E-state index in [1.54, 1.807) is 7.11 Å². The van der Waals surface area contributed by atoms with E-state index in [2.05, 4.69) is 16.8 Å². The second kappa shape index (κ2) is 8.54. The zero-order valence-electron chi connectivity index (χ0n) is 16.5. The number of benzene rings is 3. The van der Waals surface area contributed by atoms with Gasteiger partial charge in [-0.3, -0.25) is 10.1 Å². The van der Waals surface area contributed by atoms with E-state index in [1.807, 2.05) is 79.0 Å². The van der Waals surface area contributed by atoms with Gasteiger partial charge in [-0.1, -0.05) is 48.2 Å². The average molecular weight is 396 g/mol. The van der Waals surface area contributed by atoms with E-state index in [0.717, 1.165) is 33.2 Å². The highest BCUT2D eigenvalue weighted by atomic mass is 16.6. The third-order valence-electron chi connectivity index (χ3n) is 5.08. The maximum atomic E-state index is 11.6. The molecule has 0 radical (unpaired) electrons. The van der Waals surface area contributed by atoms with Crippen molar-refractivity contribution in [3.05, 3.63) is 111 Å². The van der Waals surface area contributed by atoms with E-state index >= 15 is 0 Å². The largest absolute Gasteiger partial charge is 0.497 e. The summed E-state index contributed by atoms with van der Waals surface area (Å²) < 4.78 is 5.35. The minimum Gasteiger partial charge on any atom is -0.497 e. The van der Waals surface area contributed by atoms with Crippen molar-refractivity contribution in [3.63, 3.8) is 0 Å². The second-order valence-electron chi connectivity index (χ2n) is 6.93. The summed E-state index contributed by atoms with van der Waals surface area (Å²) in [6.45, 7) is -0.228. The predicted molar refractivity (Wildman–Crippen MR) is 117 cm³/mol. The smallest absolute Gasteiger partial charge is 0.214 e. The molecule has 1 N–H and O–H groups in total. The van der Waals surface area contributed by atoms with Gasteiger partial charge < -0.3 is 9.72 Å². The minimum atomic E-state index is -0.442. The van der Waals surface area contributed by atoms with Crippen molar-refractivity contribution >= 4 is 10.9 Å². The Hall–Kier alpha value is -4.04. The highest BCUT2D eigenvalue weighted by Gasteiger charge is 2.25. The zero-order valence-corrected chi connectivity index (χ0v) is 16.5. The lowest BCUT2D eigenvalue weighted by molar-refractivity contribution is -0.481. The maximum Gasteiger partial charge on any atom is 0.214 e. The molecule has 0 saturated heterocycles. The summed E-state index contributed by atoms with van der Waals surface area (Å²) in [6.07, 6.45) is 1.85. The number of nitrogens with one attached hydrogen (secondary N) is 1. The van der Waals surface area contributed by atoms with Crippen LogP contribution in [-0.4, -0.2) is 23.6 Å². The number of nitrogens with zero attached hydrogens (tertiary/aromatic N) is 1. The molecule has 0 fully saturated rings. The summed E-state index contributed by atoms with van der Waals surface area (Å²) in [7, 11) is 1.61. The first-order valence-electron chi connectivity index (χ1n) is 9.58. The number of fused-ring (bicyclic) bond motifs is 1. The first-order chi connectivity index (χ1) is 14.7. The number of aromatic nitrogens is 1. The summed E-state index contributed by atoms with van der Waals surface area (Å²) in [6, 6.07) is 23.0. The Morgan fingerprint density at radius 1 is 1.00 bits per heavy atom. The van der Waals surface area contributed by atoms with Gasteiger partial charge in [-0.15, -0.1) is 0 Å². The second-order valence-corrected chi connectivity index (χ2v) is 6.93. The Labute approximate surface area is 174 Å². The van der Waals surface area contributed by atoms with E-state index in [0.29, 0.717) is 5.75 Å². The first-order valence-corrected chi connectivity index (χ1v) is 9.58. The molecular formula is C25H20N2O3. The molecule has 0 aliphatic carbocycles. The van der Waals surface area contributed by atoms with Crippen LogP contribution in [0, 0.1) is 22.0 Å². The molecule has 0 bridgehead atoms. The van der Waals surface area contributed by atoms with Gasteiger partial charge in [0, 0.05) is 33.1 Å². The lowest BCUT2D eigenvalue weighted by Gasteiger charge is -2.15. The molecule has 0 spiro atoms. The molecule has 5 heteroatoms. The van der Waals surface area contributed by atoms with Gasteiger partial charge in [0.15, 0.2) is 0 Å². The number of aromatic amines is 1. The Balaban J connectivity index is 1.83. The number of H-pyrrole nitrogens is 1. The first kappa shape index (κ1) is 19.3. The van der Waals surface area contributed by atoms with Crippen molar-refractivity contribution < 1.29 is 9.66 Å². The van der Waals surface area contributed by atoms with Gasteiger partial charge in [0.25, 0.3) is 0 Å². The molecule has 1 aromatic heterocycles. The van der Waals surface area contributed by atoms with Crippen LogP contribution in [-0.2, 0) is 0 Å². The molecule has 0 saturated carbocycles. The predicted octanol–water partition coefficient (Wildman–Crippen LogP) is 4.98. The minimum absolute atomic E-state index is 0.228. The van der Waals surface area contributed by atoms with E-state index < -0.39 is 5.92 Å². The summed E-state index contributed by atoms with van der Waals surface area (Å²) >= 11 is 0. The Morgan fingerprint density at radius 2 is 1.77 bits per heavy atom. The van der Waals surface area contributed by atoms with Crippen LogP contribution in [0.5, 0.6) is 5.75 Å². The van der Waals surface area contributed by atoms with E-state index in [4.69, 9.17) is 4.74 Å². The number of ether oxygens (including phenoxy) is 1. The van der Waals surface area contributed by atoms with Crippen molar-refractivity contribution in [2.75, 3.05) is 13.7 Å². The van der Waals surface area contributed by atoms with Crippen LogP contribution >= 0.6 is 0 Å². The van der Waals surface area contributed by atoms with Gasteiger partial charge in [-0.25, -0.2) is 0 Å². The average Bonchev–Trinajstić information content (AvgIpc) is 3.20. The third-order valence-corrected chi connectivity index (χ3v) is 5.08. The SMILES string of the molecule is COc1ccc2[nH]cc([C@H](C[N+](=O)[O-])c3ccccc3C#Cc3ccccc3)c2c1. The van der Waals surface area contributed by atoms with E-state index in [-0.39, 0.29) is 11.5 Å². The molecule has 4 rings (SSSR count). The molecule has 3 aromatic carbocycles. The number of nitro groups is 1. The van der Waals surface area contributed by atoms with Crippen molar-refractivity contribution in [1.29, 1.82) is 0 Å². The lowest BCUT2D eigenvalue weighted by atomic mass is 9.88. The molecular weight excluding hydrogens is 376 g/mol. The fraction of sp³-hybridized carbons (Fsp3) is 0.120. The summed E-state index contributed by atoms with van der Waals surface area (Å²) in [5.41, 5.74) is 4.28. The quantitative estimate of drug-likeness (QED) is 0.294. The molecule has 1 atom stereocenters. The number of rotatable bonds is 5. The van der Waals surface area contributed by atoms with Gasteiger partial charge >= 0.3 is 0 Å². The van der Waals surface area contributed by atoms with Gasteiger partial charge in [0.05, 0.1) is 13.0 Å². The summed E-state index contributed by atoms with van der Waals surface area (Å²) in [5, 5.41) is 12.5. The molecule has 0 amide bonds. The molecule has 0 aliphatic heterocycles. The summed E-state index contributed by atoms with van der Waals surface area (Å²) in [5.74, 6) is 6.64. The molecule has 5 nitrogen and oxygen atoms in total.